The fourth-order valence-corrected chi connectivity index (χ4v) is 2.57. The monoisotopic (exact) mass is 262 g/mol. The summed E-state index contributed by atoms with van der Waals surface area (Å²) in [5.41, 5.74) is 1.51. The zero-order valence-electron chi connectivity index (χ0n) is 10.0. The van der Waals surface area contributed by atoms with Crippen LogP contribution in [-0.4, -0.2) is 26.6 Å². The molecular weight excluding hydrogens is 248 g/mol. The lowest BCUT2D eigenvalue weighted by Crippen LogP contribution is -1.99. The molecule has 5 heteroatoms. The Morgan fingerprint density at radius 2 is 2.28 bits per heavy atom. The van der Waals surface area contributed by atoms with Crippen LogP contribution in [-0.2, 0) is 13.5 Å². The Kier molecular flexibility index (Phi) is 4.04. The summed E-state index contributed by atoms with van der Waals surface area (Å²) in [6.45, 7) is 0. The summed E-state index contributed by atoms with van der Waals surface area (Å²) < 4.78 is 1.86. The van der Waals surface area contributed by atoms with Crippen LogP contribution < -0.4 is 0 Å². The van der Waals surface area contributed by atoms with E-state index in [-0.39, 0.29) is 0 Å². The van der Waals surface area contributed by atoms with Crippen LogP contribution >= 0.6 is 11.8 Å². The predicted molar refractivity (Wildman–Crippen MR) is 71.0 cm³/mol. The molecule has 4 nitrogen and oxygen atoms in total. The average molecular weight is 262 g/mol. The summed E-state index contributed by atoms with van der Waals surface area (Å²) in [7, 11) is 1.92. The van der Waals surface area contributed by atoms with E-state index >= 15 is 0 Å². The number of carbonyl (C=O) groups is 1. The molecule has 0 saturated carbocycles. The highest BCUT2D eigenvalue weighted by Gasteiger charge is 2.04. The number of carboxylic acids is 1. The molecule has 0 atom stereocenters. The van der Waals surface area contributed by atoms with E-state index in [9.17, 15) is 4.79 Å². The summed E-state index contributed by atoms with van der Waals surface area (Å²) in [5.74, 6) is 0.0203. The molecule has 0 radical (unpaired) electrons. The molecule has 2 aromatic rings. The van der Waals surface area contributed by atoms with Crippen molar-refractivity contribution in [1.82, 2.24) is 9.78 Å². The second kappa shape index (κ2) is 5.73. The molecule has 0 spiro atoms. The number of carboxylic acid groups (broad SMARTS) is 1. The number of benzene rings is 1. The van der Waals surface area contributed by atoms with E-state index in [0.717, 1.165) is 17.1 Å². The molecule has 0 unspecified atom stereocenters. The maximum Gasteiger partial charge on any atom is 0.335 e. The van der Waals surface area contributed by atoms with Crippen molar-refractivity contribution in [3.63, 3.8) is 0 Å². The minimum Gasteiger partial charge on any atom is -0.478 e. The maximum absolute atomic E-state index is 10.8. The normalized spacial score (nSPS) is 10.5. The topological polar surface area (TPSA) is 55.1 Å². The van der Waals surface area contributed by atoms with Crippen LogP contribution in [0, 0.1) is 0 Å². The molecule has 0 aliphatic rings. The summed E-state index contributed by atoms with van der Waals surface area (Å²) in [4.78, 5) is 11.8. The second-order valence-corrected chi connectivity index (χ2v) is 5.05. The third kappa shape index (κ3) is 3.13. The smallest absolute Gasteiger partial charge is 0.335 e. The molecule has 0 aliphatic heterocycles. The number of thioether (sulfide) groups is 1. The van der Waals surface area contributed by atoms with Gasteiger partial charge in [0.2, 0.25) is 0 Å². The van der Waals surface area contributed by atoms with Gasteiger partial charge in [0.15, 0.2) is 0 Å². The lowest BCUT2D eigenvalue weighted by molar-refractivity contribution is 0.0696. The molecule has 0 fully saturated rings. The molecule has 0 amide bonds. The molecule has 2 rings (SSSR count). The summed E-state index contributed by atoms with van der Waals surface area (Å²) in [6.07, 6.45) is 2.70. The molecule has 18 heavy (non-hydrogen) atoms. The number of nitrogens with zero attached hydrogens (tertiary/aromatic N) is 2. The van der Waals surface area contributed by atoms with Crippen molar-refractivity contribution >= 4 is 17.7 Å². The maximum atomic E-state index is 10.8. The van der Waals surface area contributed by atoms with E-state index in [1.165, 1.54) is 5.69 Å². The minimum absolute atomic E-state index is 0.334. The van der Waals surface area contributed by atoms with Crippen LogP contribution in [0.2, 0.25) is 0 Å². The van der Waals surface area contributed by atoms with Gasteiger partial charge in [0, 0.05) is 29.6 Å². The number of rotatable bonds is 5. The molecular formula is C13H14N2O2S. The van der Waals surface area contributed by atoms with Gasteiger partial charge in [0.25, 0.3) is 0 Å². The van der Waals surface area contributed by atoms with Crippen molar-refractivity contribution in [1.29, 1.82) is 0 Å². The van der Waals surface area contributed by atoms with Gasteiger partial charge in [-0.3, -0.25) is 4.68 Å². The highest BCUT2D eigenvalue weighted by atomic mass is 32.2. The Bertz CT molecular complexity index is 551. The summed E-state index contributed by atoms with van der Waals surface area (Å²) in [6, 6.07) is 9.01. The van der Waals surface area contributed by atoms with Gasteiger partial charge in [-0.25, -0.2) is 4.79 Å². The van der Waals surface area contributed by atoms with Crippen LogP contribution in [0.5, 0.6) is 0 Å². The van der Waals surface area contributed by atoms with Gasteiger partial charge >= 0.3 is 5.97 Å². The highest BCUT2D eigenvalue weighted by Crippen LogP contribution is 2.20. The zero-order chi connectivity index (χ0) is 13.0. The Morgan fingerprint density at radius 1 is 1.44 bits per heavy atom. The fourth-order valence-electron chi connectivity index (χ4n) is 1.64. The van der Waals surface area contributed by atoms with Crippen molar-refractivity contribution in [2.75, 3.05) is 5.75 Å². The second-order valence-electron chi connectivity index (χ2n) is 3.88. The van der Waals surface area contributed by atoms with E-state index < -0.39 is 5.97 Å². The molecule has 0 saturated heterocycles. The predicted octanol–water partition coefficient (Wildman–Crippen LogP) is 2.45. The SMILES string of the molecule is Cn1nccc1CCSc1cccc(C(=O)O)c1. The number of hydrogen-bond donors (Lipinski definition) is 1. The average Bonchev–Trinajstić information content (AvgIpc) is 2.76. The van der Waals surface area contributed by atoms with E-state index in [4.69, 9.17) is 5.11 Å². The number of hydrogen-bond acceptors (Lipinski definition) is 3. The summed E-state index contributed by atoms with van der Waals surface area (Å²) in [5, 5.41) is 13.0. The van der Waals surface area contributed by atoms with E-state index in [1.807, 2.05) is 23.9 Å². The molecule has 1 N–H and O–H groups in total. The van der Waals surface area contributed by atoms with Gasteiger partial charge in [0.1, 0.15) is 0 Å². The third-order valence-corrected chi connectivity index (χ3v) is 3.63. The largest absolute Gasteiger partial charge is 0.478 e. The van der Waals surface area contributed by atoms with Gasteiger partial charge in [-0.05, 0) is 30.7 Å². The number of aromatic nitrogens is 2. The molecule has 0 bridgehead atoms. The Hall–Kier alpha value is -1.75. The Labute approximate surface area is 110 Å². The number of aryl methyl sites for hydroxylation is 2. The van der Waals surface area contributed by atoms with E-state index in [1.54, 1.807) is 36.2 Å². The standard InChI is InChI=1S/C13H14N2O2S/c1-15-11(5-7-14-15)6-8-18-12-4-2-3-10(9-12)13(16)17/h2-5,7,9H,6,8H2,1H3,(H,16,17). The first-order chi connectivity index (χ1) is 8.66. The zero-order valence-corrected chi connectivity index (χ0v) is 10.9. The lowest BCUT2D eigenvalue weighted by atomic mass is 10.2. The minimum atomic E-state index is -0.885. The summed E-state index contributed by atoms with van der Waals surface area (Å²) >= 11 is 1.65. The van der Waals surface area contributed by atoms with E-state index in [0.29, 0.717) is 5.56 Å². The van der Waals surface area contributed by atoms with Gasteiger partial charge in [-0.15, -0.1) is 11.8 Å². The molecule has 1 aromatic heterocycles. The van der Waals surface area contributed by atoms with Crippen molar-refractivity contribution in [2.24, 2.45) is 7.05 Å². The van der Waals surface area contributed by atoms with Crippen LogP contribution in [0.1, 0.15) is 16.1 Å². The quantitative estimate of drug-likeness (QED) is 0.841. The van der Waals surface area contributed by atoms with Crippen LogP contribution in [0.3, 0.4) is 0 Å². The molecule has 1 heterocycles. The van der Waals surface area contributed by atoms with Crippen molar-refractivity contribution in [3.05, 3.63) is 47.8 Å². The molecule has 1 aromatic carbocycles. The van der Waals surface area contributed by atoms with Crippen molar-refractivity contribution in [3.8, 4) is 0 Å². The Balaban J connectivity index is 1.92. The van der Waals surface area contributed by atoms with Gasteiger partial charge < -0.3 is 5.11 Å². The van der Waals surface area contributed by atoms with Crippen LogP contribution in [0.4, 0.5) is 0 Å². The Morgan fingerprint density at radius 3 is 2.94 bits per heavy atom. The van der Waals surface area contributed by atoms with Crippen LogP contribution in [0.15, 0.2) is 41.4 Å². The van der Waals surface area contributed by atoms with E-state index in [2.05, 4.69) is 5.10 Å². The van der Waals surface area contributed by atoms with Gasteiger partial charge in [-0.2, -0.15) is 5.10 Å². The fraction of sp³-hybridized carbons (Fsp3) is 0.231. The van der Waals surface area contributed by atoms with Gasteiger partial charge in [-0.1, -0.05) is 6.07 Å². The van der Waals surface area contributed by atoms with Crippen LogP contribution in [0.25, 0.3) is 0 Å². The van der Waals surface area contributed by atoms with Crippen molar-refractivity contribution < 1.29 is 9.90 Å². The highest BCUT2D eigenvalue weighted by molar-refractivity contribution is 7.99. The first kappa shape index (κ1) is 12.7. The van der Waals surface area contributed by atoms with Crippen molar-refractivity contribution in [2.45, 2.75) is 11.3 Å². The van der Waals surface area contributed by atoms with Gasteiger partial charge in [0.05, 0.1) is 5.56 Å². The number of aromatic carboxylic acids is 1. The molecule has 94 valence electrons. The third-order valence-electron chi connectivity index (χ3n) is 2.63. The first-order valence-corrected chi connectivity index (χ1v) is 6.58. The lowest BCUT2D eigenvalue weighted by Gasteiger charge is -2.03. The molecule has 0 aliphatic carbocycles. The first-order valence-electron chi connectivity index (χ1n) is 5.60.